The normalized spacial score (nSPS) is 40.4. The summed E-state index contributed by atoms with van der Waals surface area (Å²) in [4.78, 5) is 0. The Morgan fingerprint density at radius 2 is 1.68 bits per heavy atom. The van der Waals surface area contributed by atoms with Crippen LogP contribution < -0.4 is 0 Å². The Kier molecular flexibility index (Phi) is 9.62. The van der Waals surface area contributed by atoms with E-state index < -0.39 is 0 Å². The summed E-state index contributed by atoms with van der Waals surface area (Å²) in [7, 11) is 0. The largest absolute Gasteiger partial charge is 0.0864 e. The fourth-order valence-corrected chi connectivity index (χ4v) is 10.4. The van der Waals surface area contributed by atoms with Crippen LogP contribution in [0.25, 0.3) is 0 Å². The van der Waals surface area contributed by atoms with Crippen molar-refractivity contribution < 1.29 is 0 Å². The van der Waals surface area contributed by atoms with Crippen molar-refractivity contribution in [3.8, 4) is 0 Å². The minimum Gasteiger partial charge on any atom is -0.0864 e. The monoisotopic (exact) mass is 580 g/mol. The zero-order chi connectivity index (χ0) is 24.3. The Morgan fingerprint density at radius 1 is 0.882 bits per heavy atom. The second kappa shape index (κ2) is 11.9. The van der Waals surface area contributed by atoms with Crippen molar-refractivity contribution in [3.63, 3.8) is 0 Å². The molecule has 196 valence electrons. The van der Waals surface area contributed by atoms with Gasteiger partial charge in [-0.1, -0.05) is 114 Å². The third kappa shape index (κ3) is 5.65. The Balaban J connectivity index is 1.37. The van der Waals surface area contributed by atoms with Gasteiger partial charge in [-0.05, 0) is 114 Å². The van der Waals surface area contributed by atoms with Gasteiger partial charge in [0.05, 0.1) is 0 Å². The third-order valence-electron chi connectivity index (χ3n) is 11.9. The number of fused-ring (bicyclic) bond motifs is 5. The lowest BCUT2D eigenvalue weighted by atomic mass is 9.46. The Bertz CT molecular complexity index is 678. The van der Waals surface area contributed by atoms with Crippen LogP contribution in [0.5, 0.6) is 0 Å². The molecule has 0 N–H and O–H groups in total. The number of unbranched alkanes of at least 4 members (excludes halogenated alkanes) is 3. The van der Waals surface area contributed by atoms with E-state index in [0.29, 0.717) is 10.8 Å². The highest BCUT2D eigenvalue weighted by molar-refractivity contribution is 14.1. The smallest absolute Gasteiger partial charge is 0.000473 e. The Morgan fingerprint density at radius 3 is 2.44 bits per heavy atom. The molecule has 0 saturated heterocycles. The number of allylic oxidation sites excluding steroid dienone is 2. The molecule has 0 aliphatic heterocycles. The third-order valence-corrected chi connectivity index (χ3v) is 12.7. The predicted molar refractivity (Wildman–Crippen MR) is 159 cm³/mol. The molecule has 8 atom stereocenters. The summed E-state index contributed by atoms with van der Waals surface area (Å²) in [6.45, 7) is 12.9. The highest BCUT2D eigenvalue weighted by Gasteiger charge is 2.59. The Labute approximate surface area is 227 Å². The molecule has 0 aromatic rings. The van der Waals surface area contributed by atoms with Gasteiger partial charge in [0.2, 0.25) is 0 Å². The number of halogens is 1. The van der Waals surface area contributed by atoms with Crippen molar-refractivity contribution in [2.45, 2.75) is 137 Å². The lowest BCUT2D eigenvalue weighted by Crippen LogP contribution is -2.50. The SMILES string of the molecule is CC(C)CCC[C@@H](C)[C@H]1CCC2C3CC=C4C[C@@H](CCCCCCI)CC[C@]4(C)C3CC[C@@]21C. The first-order valence-corrected chi connectivity index (χ1v) is 17.1. The Hall–Kier alpha value is 0.470. The number of rotatable bonds is 11. The number of alkyl halides is 1. The van der Waals surface area contributed by atoms with Crippen LogP contribution in [0.15, 0.2) is 11.6 Å². The van der Waals surface area contributed by atoms with Crippen molar-refractivity contribution >= 4 is 22.6 Å². The fraction of sp³-hybridized carbons (Fsp3) is 0.939. The molecule has 3 fully saturated rings. The van der Waals surface area contributed by atoms with Crippen LogP contribution in [-0.4, -0.2) is 4.43 Å². The lowest BCUT2D eigenvalue weighted by molar-refractivity contribution is -0.0529. The molecule has 3 saturated carbocycles. The van der Waals surface area contributed by atoms with Gasteiger partial charge in [0.25, 0.3) is 0 Å². The fourth-order valence-electron chi connectivity index (χ4n) is 9.89. The van der Waals surface area contributed by atoms with Gasteiger partial charge in [-0.2, -0.15) is 0 Å². The molecule has 4 aliphatic carbocycles. The molecule has 0 amide bonds. The van der Waals surface area contributed by atoms with Crippen molar-refractivity contribution in [1.29, 1.82) is 0 Å². The maximum absolute atomic E-state index is 2.81. The first kappa shape index (κ1) is 27.5. The van der Waals surface area contributed by atoms with Gasteiger partial charge in [0.15, 0.2) is 0 Å². The average Bonchev–Trinajstić information content (AvgIpc) is 3.16. The molecule has 0 nitrogen and oxygen atoms in total. The van der Waals surface area contributed by atoms with Crippen molar-refractivity contribution in [2.24, 2.45) is 52.3 Å². The van der Waals surface area contributed by atoms with E-state index in [4.69, 9.17) is 0 Å². The molecule has 3 unspecified atom stereocenters. The van der Waals surface area contributed by atoms with Gasteiger partial charge in [0.1, 0.15) is 0 Å². The van der Waals surface area contributed by atoms with Crippen LogP contribution in [0.3, 0.4) is 0 Å². The first-order chi connectivity index (χ1) is 16.3. The number of hydrogen-bond donors (Lipinski definition) is 0. The molecule has 1 heteroatoms. The van der Waals surface area contributed by atoms with Crippen molar-refractivity contribution in [2.75, 3.05) is 4.43 Å². The molecule has 4 aliphatic rings. The summed E-state index contributed by atoms with van der Waals surface area (Å²) in [5.41, 5.74) is 3.09. The quantitative estimate of drug-likeness (QED) is 0.0987. The molecule has 0 heterocycles. The van der Waals surface area contributed by atoms with Crippen LogP contribution in [-0.2, 0) is 0 Å². The molecular formula is C33H57I. The maximum atomic E-state index is 2.81. The molecule has 34 heavy (non-hydrogen) atoms. The summed E-state index contributed by atoms with van der Waals surface area (Å²) in [5, 5.41) is 0. The van der Waals surface area contributed by atoms with E-state index in [9.17, 15) is 0 Å². The van der Waals surface area contributed by atoms with E-state index >= 15 is 0 Å². The van der Waals surface area contributed by atoms with Gasteiger partial charge in [-0.3, -0.25) is 0 Å². The first-order valence-electron chi connectivity index (χ1n) is 15.5. The highest BCUT2D eigenvalue weighted by Crippen LogP contribution is 2.67. The molecule has 0 aromatic carbocycles. The standard InChI is InChI=1S/C33H57I/c1-24(2)11-10-12-25(3)29-16-17-30-28-15-14-27-23-26(13-8-6-7-9-22-34)18-20-32(27,4)31(28)19-21-33(29,30)5/h14,24-26,28-31H,6-13,15-23H2,1-5H3/t25-,26+,28?,29-,30?,31?,32+,33-/m1/s1. The topological polar surface area (TPSA) is 0 Å². The zero-order valence-electron chi connectivity index (χ0n) is 23.5. The predicted octanol–water partition coefficient (Wildman–Crippen LogP) is 11.0. The molecule has 0 aromatic heterocycles. The maximum Gasteiger partial charge on any atom is -0.000473 e. The average molecular weight is 581 g/mol. The summed E-state index contributed by atoms with van der Waals surface area (Å²) in [6.07, 6.45) is 26.5. The van der Waals surface area contributed by atoms with Gasteiger partial charge >= 0.3 is 0 Å². The van der Waals surface area contributed by atoms with E-state index in [2.05, 4.69) is 63.3 Å². The van der Waals surface area contributed by atoms with E-state index in [1.165, 1.54) is 107 Å². The van der Waals surface area contributed by atoms with Crippen LogP contribution in [0, 0.1) is 52.3 Å². The zero-order valence-corrected chi connectivity index (χ0v) is 25.7. The second-order valence-electron chi connectivity index (χ2n) is 14.3. The van der Waals surface area contributed by atoms with Gasteiger partial charge in [-0.15, -0.1) is 0 Å². The van der Waals surface area contributed by atoms with Gasteiger partial charge < -0.3 is 0 Å². The van der Waals surface area contributed by atoms with Crippen LogP contribution in [0.2, 0.25) is 0 Å². The molecule has 4 rings (SSSR count). The van der Waals surface area contributed by atoms with Crippen LogP contribution in [0.4, 0.5) is 0 Å². The van der Waals surface area contributed by atoms with E-state index in [1.54, 1.807) is 0 Å². The minimum atomic E-state index is 0.545. The molecule has 0 spiro atoms. The molecule has 0 bridgehead atoms. The molecular weight excluding hydrogens is 523 g/mol. The van der Waals surface area contributed by atoms with Crippen molar-refractivity contribution in [1.82, 2.24) is 0 Å². The van der Waals surface area contributed by atoms with Crippen LogP contribution in [0.1, 0.15) is 137 Å². The highest BCUT2D eigenvalue weighted by atomic mass is 127. The van der Waals surface area contributed by atoms with Gasteiger partial charge in [-0.25, -0.2) is 0 Å². The van der Waals surface area contributed by atoms with E-state index in [-0.39, 0.29) is 0 Å². The van der Waals surface area contributed by atoms with Crippen molar-refractivity contribution in [3.05, 3.63) is 11.6 Å². The lowest BCUT2D eigenvalue weighted by Gasteiger charge is -2.58. The summed E-state index contributed by atoms with van der Waals surface area (Å²) in [5.74, 6) is 6.78. The second-order valence-corrected chi connectivity index (χ2v) is 15.4. The van der Waals surface area contributed by atoms with Crippen LogP contribution >= 0.6 is 22.6 Å². The summed E-state index contributed by atoms with van der Waals surface area (Å²) < 4.78 is 1.34. The summed E-state index contributed by atoms with van der Waals surface area (Å²) >= 11 is 2.53. The summed E-state index contributed by atoms with van der Waals surface area (Å²) in [6, 6.07) is 0. The molecule has 0 radical (unpaired) electrons. The number of hydrogen-bond acceptors (Lipinski definition) is 0. The van der Waals surface area contributed by atoms with E-state index in [1.807, 2.05) is 5.57 Å². The minimum absolute atomic E-state index is 0.545. The van der Waals surface area contributed by atoms with Gasteiger partial charge in [0, 0.05) is 0 Å². The van der Waals surface area contributed by atoms with E-state index in [0.717, 1.165) is 41.4 Å².